The Bertz CT molecular complexity index is 893. The molecule has 1 aromatic carbocycles. The molecule has 0 spiro atoms. The summed E-state index contributed by atoms with van der Waals surface area (Å²) in [5.41, 5.74) is 0.996. The van der Waals surface area contributed by atoms with Crippen molar-refractivity contribution < 1.29 is 9.59 Å². The number of likely N-dealkylation sites (tertiary alicyclic amines) is 1. The number of amides is 2. The minimum absolute atomic E-state index is 0.0534. The fourth-order valence-electron chi connectivity index (χ4n) is 8.76. The van der Waals surface area contributed by atoms with Crippen LogP contribution in [0.5, 0.6) is 0 Å². The summed E-state index contributed by atoms with van der Waals surface area (Å²) in [6.07, 6.45) is 16.4. The quantitative estimate of drug-likeness (QED) is 0.533. The van der Waals surface area contributed by atoms with Crippen LogP contribution in [0.4, 0.5) is 10.5 Å². The molecule has 4 bridgehead atoms. The summed E-state index contributed by atoms with van der Waals surface area (Å²) in [6.45, 7) is 2.34. The molecule has 0 aromatic heterocycles. The largest absolute Gasteiger partial charge is 0.325 e. The van der Waals surface area contributed by atoms with Gasteiger partial charge in [-0.05, 0) is 88.7 Å². The molecule has 1 aromatic rings. The van der Waals surface area contributed by atoms with Gasteiger partial charge < -0.3 is 4.90 Å². The molecule has 5 aliphatic rings. The second-order valence-electron chi connectivity index (χ2n) is 12.3. The van der Waals surface area contributed by atoms with E-state index < -0.39 is 0 Å². The number of ketones is 1. The van der Waals surface area contributed by atoms with Crippen molar-refractivity contribution >= 4 is 17.5 Å². The summed E-state index contributed by atoms with van der Waals surface area (Å²) in [6, 6.07) is 12.2. The van der Waals surface area contributed by atoms with E-state index in [0.29, 0.717) is 18.6 Å². The first-order valence-corrected chi connectivity index (χ1v) is 14.5. The van der Waals surface area contributed by atoms with Gasteiger partial charge in [-0.2, -0.15) is 0 Å². The van der Waals surface area contributed by atoms with Crippen LogP contribution in [0.3, 0.4) is 0 Å². The minimum atomic E-state index is -0.255. The average molecular weight is 478 g/mol. The van der Waals surface area contributed by atoms with Crippen molar-refractivity contribution in [3.05, 3.63) is 30.3 Å². The molecule has 3 unspecified atom stereocenters. The molecule has 5 nitrogen and oxygen atoms in total. The number of para-hydroxylation sites is 1. The standard InChI is InChI=1S/C30H43N3O2/c1-21(34)29-14-7-15-31(29)30(35)33(24-10-3-2-4-11-24)28-19-25-12-6-13-26(20-28)32(25)27-17-22-8-5-9-23(16-22)18-27/h2-4,10-11,22-23,25-29H,5-9,12-20H2,1H3/t22-,23+,25-,26+,27?,28?,29?. The number of fused-ring (bicyclic) bond motifs is 4. The predicted octanol–water partition coefficient (Wildman–Crippen LogP) is 6.02. The van der Waals surface area contributed by atoms with Crippen LogP contribution >= 0.6 is 0 Å². The molecule has 35 heavy (non-hydrogen) atoms. The number of carbonyl (C=O) groups is 2. The van der Waals surface area contributed by atoms with Gasteiger partial charge in [-0.15, -0.1) is 0 Å². The van der Waals surface area contributed by atoms with Crippen LogP contribution in [0, 0.1) is 11.8 Å². The third kappa shape index (κ3) is 4.54. The fourth-order valence-corrected chi connectivity index (χ4v) is 8.76. The lowest BCUT2D eigenvalue weighted by Gasteiger charge is -2.56. The average Bonchev–Trinajstić information content (AvgIpc) is 3.35. The van der Waals surface area contributed by atoms with E-state index in [1.807, 2.05) is 23.1 Å². The highest BCUT2D eigenvalue weighted by Gasteiger charge is 2.47. The number of carbonyl (C=O) groups excluding carboxylic acids is 2. The highest BCUT2D eigenvalue weighted by molar-refractivity contribution is 5.96. The smallest absolute Gasteiger partial charge is 0.314 e. The van der Waals surface area contributed by atoms with Gasteiger partial charge in [0.1, 0.15) is 0 Å². The van der Waals surface area contributed by atoms with Crippen molar-refractivity contribution in [2.24, 2.45) is 11.8 Å². The summed E-state index contributed by atoms with van der Waals surface area (Å²) in [7, 11) is 0. The zero-order chi connectivity index (χ0) is 23.9. The third-order valence-electron chi connectivity index (χ3n) is 10.1. The van der Waals surface area contributed by atoms with Gasteiger partial charge in [0, 0.05) is 36.4 Å². The Kier molecular flexibility index (Phi) is 6.64. The van der Waals surface area contributed by atoms with Gasteiger partial charge in [0.2, 0.25) is 0 Å². The summed E-state index contributed by atoms with van der Waals surface area (Å²) < 4.78 is 0. The normalized spacial score (nSPS) is 37.2. The van der Waals surface area contributed by atoms with Crippen molar-refractivity contribution in [3.8, 4) is 0 Å². The predicted molar refractivity (Wildman–Crippen MR) is 139 cm³/mol. The van der Waals surface area contributed by atoms with Crippen molar-refractivity contribution in [3.63, 3.8) is 0 Å². The number of nitrogens with zero attached hydrogens (tertiary/aromatic N) is 3. The van der Waals surface area contributed by atoms with Gasteiger partial charge in [0.15, 0.2) is 5.78 Å². The van der Waals surface area contributed by atoms with Crippen LogP contribution < -0.4 is 4.90 Å². The minimum Gasteiger partial charge on any atom is -0.314 e. The van der Waals surface area contributed by atoms with Crippen LogP contribution in [-0.2, 0) is 4.79 Å². The Morgan fingerprint density at radius 1 is 0.771 bits per heavy atom. The highest BCUT2D eigenvalue weighted by Crippen LogP contribution is 2.46. The Labute approximate surface area is 211 Å². The molecule has 0 radical (unpaired) electrons. The first-order valence-electron chi connectivity index (χ1n) is 14.5. The maximum atomic E-state index is 14.1. The molecule has 190 valence electrons. The van der Waals surface area contributed by atoms with Gasteiger partial charge in [-0.1, -0.05) is 43.9 Å². The zero-order valence-corrected chi connectivity index (χ0v) is 21.5. The van der Waals surface area contributed by atoms with Gasteiger partial charge in [0.05, 0.1) is 6.04 Å². The monoisotopic (exact) mass is 477 g/mol. The maximum absolute atomic E-state index is 14.1. The molecular weight excluding hydrogens is 434 g/mol. The van der Waals surface area contributed by atoms with Crippen LogP contribution in [0.2, 0.25) is 0 Å². The van der Waals surface area contributed by atoms with Crippen LogP contribution in [-0.4, -0.2) is 58.4 Å². The van der Waals surface area contributed by atoms with Crippen molar-refractivity contribution in [2.45, 2.75) is 121 Å². The number of piperidine rings is 2. The molecule has 2 saturated carbocycles. The molecule has 7 atom stereocenters. The van der Waals surface area contributed by atoms with Crippen molar-refractivity contribution in [1.29, 1.82) is 0 Å². The molecule has 6 rings (SSSR count). The van der Waals surface area contributed by atoms with Crippen molar-refractivity contribution in [2.75, 3.05) is 11.4 Å². The molecule has 2 amide bonds. The summed E-state index contributed by atoms with van der Waals surface area (Å²) in [4.78, 5) is 33.4. The Hall–Kier alpha value is -1.88. The second kappa shape index (κ2) is 9.88. The lowest BCUT2D eigenvalue weighted by atomic mass is 9.68. The second-order valence-corrected chi connectivity index (χ2v) is 12.3. The molecule has 5 heteroatoms. The van der Waals surface area contributed by atoms with Gasteiger partial charge in [-0.25, -0.2) is 4.79 Å². The summed E-state index contributed by atoms with van der Waals surface area (Å²) in [5, 5.41) is 0. The van der Waals surface area contributed by atoms with E-state index in [9.17, 15) is 9.59 Å². The van der Waals surface area contributed by atoms with Gasteiger partial charge >= 0.3 is 6.03 Å². The molecule has 5 fully saturated rings. The molecule has 0 N–H and O–H groups in total. The van der Waals surface area contributed by atoms with E-state index in [1.54, 1.807) is 6.92 Å². The number of benzene rings is 1. The van der Waals surface area contributed by atoms with E-state index in [1.165, 1.54) is 57.8 Å². The summed E-state index contributed by atoms with van der Waals surface area (Å²) >= 11 is 0. The SMILES string of the molecule is CC(=O)C1CCCN1C(=O)N(c1ccccc1)C1C[C@H]2CCC[C@@H](C1)N2C1C[C@H]2CCC[C@@H](C1)C2. The first-order chi connectivity index (χ1) is 17.1. The number of rotatable bonds is 4. The van der Waals surface area contributed by atoms with E-state index in [0.717, 1.165) is 49.2 Å². The third-order valence-corrected chi connectivity index (χ3v) is 10.1. The van der Waals surface area contributed by atoms with E-state index in [2.05, 4.69) is 21.9 Å². The lowest BCUT2D eigenvalue weighted by molar-refractivity contribution is -0.120. The Balaban J connectivity index is 1.26. The summed E-state index contributed by atoms with van der Waals surface area (Å²) in [5.74, 6) is 2.03. The maximum Gasteiger partial charge on any atom is 0.325 e. The first kappa shape index (κ1) is 23.5. The Morgan fingerprint density at radius 3 is 2.09 bits per heavy atom. The van der Waals surface area contributed by atoms with Gasteiger partial charge in [-0.3, -0.25) is 14.6 Å². The van der Waals surface area contributed by atoms with Crippen LogP contribution in [0.15, 0.2) is 30.3 Å². The molecule has 3 heterocycles. The number of urea groups is 1. The number of Topliss-reactive ketones (excluding diaryl/α,β-unsaturated/α-hetero) is 1. The number of anilines is 1. The van der Waals surface area contributed by atoms with Crippen molar-refractivity contribution in [1.82, 2.24) is 9.80 Å². The lowest BCUT2D eigenvalue weighted by Crippen LogP contribution is -2.63. The van der Waals surface area contributed by atoms with Crippen LogP contribution in [0.1, 0.15) is 90.4 Å². The molecule has 2 aliphatic carbocycles. The molecule has 3 aliphatic heterocycles. The Morgan fingerprint density at radius 2 is 1.43 bits per heavy atom. The highest BCUT2D eigenvalue weighted by atomic mass is 16.2. The zero-order valence-electron chi connectivity index (χ0n) is 21.5. The van der Waals surface area contributed by atoms with Crippen LogP contribution in [0.25, 0.3) is 0 Å². The molecular formula is C30H43N3O2. The van der Waals surface area contributed by atoms with E-state index in [-0.39, 0.29) is 23.9 Å². The fraction of sp³-hybridized carbons (Fsp3) is 0.733. The van der Waals surface area contributed by atoms with E-state index >= 15 is 0 Å². The molecule has 3 saturated heterocycles. The number of hydrogen-bond acceptors (Lipinski definition) is 3. The topological polar surface area (TPSA) is 43.9 Å². The van der Waals surface area contributed by atoms with Gasteiger partial charge in [0.25, 0.3) is 0 Å². The van der Waals surface area contributed by atoms with E-state index in [4.69, 9.17) is 0 Å². The number of hydrogen-bond donors (Lipinski definition) is 0.